The number of nitrogen functional groups attached to an aromatic ring is 1. The first-order chi connectivity index (χ1) is 13.7. The van der Waals surface area contributed by atoms with Crippen LogP contribution in [0.3, 0.4) is 0 Å². The second-order valence-corrected chi connectivity index (χ2v) is 10.6. The van der Waals surface area contributed by atoms with Crippen LogP contribution in [0.2, 0.25) is 0 Å². The van der Waals surface area contributed by atoms with E-state index in [2.05, 4.69) is 15.8 Å². The largest absolute Gasteiger partial charge is 0.396 e. The standard InChI is InChI=1S/C22H27FN4OS/c1-21(2,3)29(28)27-22(12-11-15-7-8-15,16-9-10-18(23)19(25)13-16)20-6-4-5-17(14-24)26-20/h4-6,9-10,13,15,27H,7-8,11-12,25H2,1-3H3. The highest BCUT2D eigenvalue weighted by atomic mass is 32.2. The third kappa shape index (κ3) is 4.82. The van der Waals surface area contributed by atoms with Gasteiger partial charge in [-0.3, -0.25) is 0 Å². The second-order valence-electron chi connectivity index (χ2n) is 8.63. The number of benzene rings is 1. The van der Waals surface area contributed by atoms with Crippen LogP contribution in [0.4, 0.5) is 10.1 Å². The van der Waals surface area contributed by atoms with E-state index >= 15 is 0 Å². The molecule has 2 atom stereocenters. The first-order valence-corrected chi connectivity index (χ1v) is 10.9. The predicted octanol–water partition coefficient (Wildman–Crippen LogP) is 4.16. The summed E-state index contributed by atoms with van der Waals surface area (Å²) < 4.78 is 29.9. The van der Waals surface area contributed by atoms with E-state index in [1.54, 1.807) is 24.3 Å². The number of halogens is 1. The van der Waals surface area contributed by atoms with Gasteiger partial charge in [-0.15, -0.1) is 0 Å². The zero-order valence-electron chi connectivity index (χ0n) is 17.0. The molecule has 5 nitrogen and oxygen atoms in total. The molecule has 2 unspecified atom stereocenters. The van der Waals surface area contributed by atoms with Gasteiger partial charge >= 0.3 is 0 Å². The van der Waals surface area contributed by atoms with E-state index in [0.29, 0.717) is 23.6 Å². The van der Waals surface area contributed by atoms with E-state index in [9.17, 15) is 13.9 Å². The molecule has 1 saturated carbocycles. The van der Waals surface area contributed by atoms with Gasteiger partial charge in [-0.05, 0) is 69.4 Å². The number of nitrogens with one attached hydrogen (secondary N) is 1. The Morgan fingerprint density at radius 2 is 2.03 bits per heavy atom. The van der Waals surface area contributed by atoms with E-state index in [-0.39, 0.29) is 11.4 Å². The molecule has 29 heavy (non-hydrogen) atoms. The molecule has 2 aromatic rings. The van der Waals surface area contributed by atoms with Gasteiger partial charge in [-0.25, -0.2) is 18.3 Å². The van der Waals surface area contributed by atoms with Crippen LogP contribution in [0.25, 0.3) is 0 Å². The number of nitrogens with zero attached hydrogens (tertiary/aromatic N) is 2. The Morgan fingerprint density at radius 1 is 1.31 bits per heavy atom. The lowest BCUT2D eigenvalue weighted by atomic mass is 9.82. The van der Waals surface area contributed by atoms with Crippen molar-refractivity contribution in [3.05, 3.63) is 59.2 Å². The molecule has 1 aliphatic rings. The minimum Gasteiger partial charge on any atom is -0.396 e. The summed E-state index contributed by atoms with van der Waals surface area (Å²) >= 11 is 0. The van der Waals surface area contributed by atoms with Crippen LogP contribution in [0.5, 0.6) is 0 Å². The fourth-order valence-corrected chi connectivity index (χ4v) is 4.21. The molecule has 0 amide bonds. The Morgan fingerprint density at radius 3 is 2.62 bits per heavy atom. The number of nitriles is 1. The van der Waals surface area contributed by atoms with Gasteiger partial charge in [0.15, 0.2) is 0 Å². The highest BCUT2D eigenvalue weighted by molar-refractivity contribution is 7.84. The van der Waals surface area contributed by atoms with Crippen LogP contribution >= 0.6 is 0 Å². The van der Waals surface area contributed by atoms with Gasteiger partial charge in [0, 0.05) is 0 Å². The molecule has 1 aliphatic carbocycles. The molecule has 0 saturated heterocycles. The number of rotatable bonds is 7. The minimum atomic E-state index is -1.43. The van der Waals surface area contributed by atoms with Crippen LogP contribution < -0.4 is 10.5 Å². The molecule has 154 valence electrons. The van der Waals surface area contributed by atoms with Crippen molar-refractivity contribution < 1.29 is 8.60 Å². The van der Waals surface area contributed by atoms with Crippen LogP contribution in [0.15, 0.2) is 36.4 Å². The van der Waals surface area contributed by atoms with E-state index < -0.39 is 27.1 Å². The molecule has 0 bridgehead atoms. The van der Waals surface area contributed by atoms with E-state index in [1.807, 2.05) is 26.8 Å². The molecule has 1 aromatic heterocycles. The van der Waals surface area contributed by atoms with E-state index in [0.717, 1.165) is 6.42 Å². The minimum absolute atomic E-state index is 0.0260. The SMILES string of the molecule is CC(C)(C)S(=O)NC(CCC1CC1)(c1ccc(F)c(N)c1)c1cccc(C#N)n1. The summed E-state index contributed by atoms with van der Waals surface area (Å²) in [5.41, 5.74) is 6.51. The van der Waals surface area contributed by atoms with Gasteiger partial charge in [0.1, 0.15) is 17.6 Å². The van der Waals surface area contributed by atoms with Gasteiger partial charge in [0.2, 0.25) is 0 Å². The summed E-state index contributed by atoms with van der Waals surface area (Å²) in [5, 5.41) is 9.36. The molecule has 3 rings (SSSR count). The number of pyridine rings is 1. The number of aromatic nitrogens is 1. The monoisotopic (exact) mass is 414 g/mol. The molecule has 1 heterocycles. The third-order valence-electron chi connectivity index (χ3n) is 5.24. The van der Waals surface area contributed by atoms with Gasteiger partial charge < -0.3 is 5.73 Å². The number of hydrogen-bond donors (Lipinski definition) is 2. The Bertz CT molecular complexity index is 962. The third-order valence-corrected chi connectivity index (χ3v) is 6.88. The number of nitrogens with two attached hydrogens (primary N) is 1. The van der Waals surface area contributed by atoms with Crippen molar-refractivity contribution >= 4 is 16.7 Å². The van der Waals surface area contributed by atoms with E-state index in [4.69, 9.17) is 5.73 Å². The Hall–Kier alpha value is -2.30. The normalized spacial score (nSPS) is 17.3. The molecule has 3 N–H and O–H groups in total. The van der Waals surface area contributed by atoms with Crippen LogP contribution in [-0.2, 0) is 16.5 Å². The van der Waals surface area contributed by atoms with Gasteiger partial charge in [0.05, 0.1) is 32.7 Å². The lowest BCUT2D eigenvalue weighted by molar-refractivity contribution is 0.405. The molecule has 1 aromatic carbocycles. The quantitative estimate of drug-likeness (QED) is 0.666. The molecule has 7 heteroatoms. The van der Waals surface area contributed by atoms with Gasteiger partial charge in [-0.1, -0.05) is 25.0 Å². The first-order valence-electron chi connectivity index (χ1n) is 9.78. The van der Waals surface area contributed by atoms with Gasteiger partial charge in [-0.2, -0.15) is 5.26 Å². The van der Waals surface area contributed by atoms with Crippen molar-refractivity contribution in [1.29, 1.82) is 5.26 Å². The summed E-state index contributed by atoms with van der Waals surface area (Å²) in [7, 11) is -1.43. The summed E-state index contributed by atoms with van der Waals surface area (Å²) in [5.74, 6) is 0.122. The fraction of sp³-hybridized carbons (Fsp3) is 0.455. The summed E-state index contributed by atoms with van der Waals surface area (Å²) in [6.45, 7) is 5.67. The maximum Gasteiger partial charge on any atom is 0.146 e. The topological polar surface area (TPSA) is 91.8 Å². The Kier molecular flexibility index (Phi) is 6.06. The van der Waals surface area contributed by atoms with Crippen LogP contribution in [-0.4, -0.2) is 13.9 Å². The van der Waals surface area contributed by atoms with Crippen molar-refractivity contribution in [2.24, 2.45) is 5.92 Å². The molecule has 0 radical (unpaired) electrons. The van der Waals surface area contributed by atoms with E-state index in [1.165, 1.54) is 18.9 Å². The Labute approximate surface area is 174 Å². The summed E-state index contributed by atoms with van der Waals surface area (Å²) in [4.78, 5) is 4.53. The highest BCUT2D eigenvalue weighted by Gasteiger charge is 2.41. The average molecular weight is 415 g/mol. The average Bonchev–Trinajstić information content (AvgIpc) is 3.51. The molecule has 1 fully saturated rings. The molecular weight excluding hydrogens is 387 g/mol. The lowest BCUT2D eigenvalue weighted by Gasteiger charge is -2.37. The molecule has 0 spiro atoms. The number of hydrogen-bond acceptors (Lipinski definition) is 4. The summed E-state index contributed by atoms with van der Waals surface area (Å²) in [6.07, 6.45) is 3.88. The van der Waals surface area contributed by atoms with Crippen LogP contribution in [0.1, 0.15) is 63.4 Å². The fourth-order valence-electron chi connectivity index (χ4n) is 3.26. The first kappa shape index (κ1) is 21.4. The van der Waals surface area contributed by atoms with Crippen LogP contribution in [0, 0.1) is 23.1 Å². The number of anilines is 1. The Balaban J connectivity index is 2.19. The molecule has 0 aliphatic heterocycles. The zero-order valence-corrected chi connectivity index (χ0v) is 17.9. The lowest BCUT2D eigenvalue weighted by Crippen LogP contribution is -2.49. The maximum absolute atomic E-state index is 13.9. The van der Waals surface area contributed by atoms with Crippen molar-refractivity contribution in [2.45, 2.75) is 56.7 Å². The second kappa shape index (κ2) is 8.21. The van der Waals surface area contributed by atoms with Crippen molar-refractivity contribution in [2.75, 3.05) is 5.73 Å². The zero-order chi connectivity index (χ0) is 21.2. The highest BCUT2D eigenvalue weighted by Crippen LogP contribution is 2.42. The summed E-state index contributed by atoms with van der Waals surface area (Å²) in [6, 6.07) is 11.9. The predicted molar refractivity (Wildman–Crippen MR) is 114 cm³/mol. The van der Waals surface area contributed by atoms with Crippen molar-refractivity contribution in [3.63, 3.8) is 0 Å². The van der Waals surface area contributed by atoms with Crippen molar-refractivity contribution in [3.8, 4) is 6.07 Å². The molecular formula is C22H27FN4OS. The van der Waals surface area contributed by atoms with Crippen molar-refractivity contribution in [1.82, 2.24) is 9.71 Å². The maximum atomic E-state index is 13.9. The smallest absolute Gasteiger partial charge is 0.146 e. The van der Waals surface area contributed by atoms with Gasteiger partial charge in [0.25, 0.3) is 0 Å².